The summed E-state index contributed by atoms with van der Waals surface area (Å²) in [6, 6.07) is 2.25. The molecule has 0 saturated heterocycles. The minimum Gasteiger partial charge on any atom is -0.481 e. The van der Waals surface area contributed by atoms with Crippen molar-refractivity contribution < 1.29 is 9.90 Å². The molecule has 0 aliphatic heterocycles. The molecule has 3 unspecified atom stereocenters. The lowest BCUT2D eigenvalue weighted by molar-refractivity contribution is -0.140. The maximum absolute atomic E-state index is 11.8. The van der Waals surface area contributed by atoms with Gasteiger partial charge in [0.2, 0.25) is 0 Å². The topological polar surface area (TPSA) is 37.3 Å². The first-order chi connectivity index (χ1) is 11.2. The number of allylic oxidation sites excluding steroid dienone is 3. The van der Waals surface area contributed by atoms with Crippen LogP contribution in [0.3, 0.4) is 0 Å². The third kappa shape index (κ3) is 3.77. The Morgan fingerprint density at radius 1 is 1.48 bits per heavy atom. The highest BCUT2D eigenvalue weighted by molar-refractivity contribution is 7.10. The van der Waals surface area contributed by atoms with E-state index in [4.69, 9.17) is 0 Å². The monoisotopic (exact) mass is 330 g/mol. The van der Waals surface area contributed by atoms with Gasteiger partial charge in [-0.25, -0.2) is 0 Å². The molecule has 0 fully saturated rings. The van der Waals surface area contributed by atoms with Crippen molar-refractivity contribution >= 4 is 17.3 Å². The predicted octanol–water partition coefficient (Wildman–Crippen LogP) is 5.25. The molecule has 124 valence electrons. The van der Waals surface area contributed by atoms with Gasteiger partial charge in [0.25, 0.3) is 0 Å². The number of carbonyl (C=O) groups is 1. The molecule has 0 amide bonds. The Kier molecular flexibility index (Phi) is 5.37. The Balaban J connectivity index is 1.63. The molecular weight excluding hydrogens is 304 g/mol. The van der Waals surface area contributed by atoms with Crippen LogP contribution in [0.1, 0.15) is 49.5 Å². The van der Waals surface area contributed by atoms with Crippen LogP contribution in [0.4, 0.5) is 0 Å². The van der Waals surface area contributed by atoms with Crippen molar-refractivity contribution in [1.29, 1.82) is 0 Å². The molecule has 0 saturated carbocycles. The van der Waals surface area contributed by atoms with Crippen LogP contribution in [0.5, 0.6) is 0 Å². The third-order valence-electron chi connectivity index (χ3n) is 5.50. The second-order valence-corrected chi connectivity index (χ2v) is 7.88. The number of thiophene rings is 1. The SMILES string of the molecule is CCC1CC=CC=C1C(CCC1CCc2sccc2C1)C(=O)O. The molecule has 3 rings (SSSR count). The largest absolute Gasteiger partial charge is 0.481 e. The first kappa shape index (κ1) is 16.5. The van der Waals surface area contributed by atoms with Gasteiger partial charge < -0.3 is 5.11 Å². The van der Waals surface area contributed by atoms with Gasteiger partial charge in [-0.1, -0.05) is 30.7 Å². The van der Waals surface area contributed by atoms with Gasteiger partial charge in [-0.05, 0) is 73.8 Å². The fraction of sp³-hybridized carbons (Fsp3) is 0.550. The number of carboxylic acids is 1. The summed E-state index contributed by atoms with van der Waals surface area (Å²) >= 11 is 1.87. The van der Waals surface area contributed by atoms with Gasteiger partial charge in [-0.3, -0.25) is 4.79 Å². The fourth-order valence-corrected chi connectivity index (χ4v) is 5.03. The molecule has 2 nitrogen and oxygen atoms in total. The highest BCUT2D eigenvalue weighted by Crippen LogP contribution is 2.36. The zero-order valence-corrected chi connectivity index (χ0v) is 14.6. The first-order valence-electron chi connectivity index (χ1n) is 8.83. The molecule has 3 heteroatoms. The second-order valence-electron chi connectivity index (χ2n) is 6.88. The van der Waals surface area contributed by atoms with E-state index in [-0.39, 0.29) is 5.92 Å². The van der Waals surface area contributed by atoms with Crippen LogP contribution in [-0.2, 0) is 17.6 Å². The molecule has 0 bridgehead atoms. The smallest absolute Gasteiger partial charge is 0.310 e. The van der Waals surface area contributed by atoms with Crippen molar-refractivity contribution in [2.45, 2.75) is 51.9 Å². The zero-order valence-electron chi connectivity index (χ0n) is 13.8. The molecule has 0 radical (unpaired) electrons. The van der Waals surface area contributed by atoms with E-state index in [1.165, 1.54) is 18.4 Å². The number of hydrogen-bond donors (Lipinski definition) is 1. The van der Waals surface area contributed by atoms with Crippen LogP contribution in [0.2, 0.25) is 0 Å². The maximum Gasteiger partial charge on any atom is 0.310 e. The van der Waals surface area contributed by atoms with Crippen LogP contribution in [0.25, 0.3) is 0 Å². The summed E-state index contributed by atoms with van der Waals surface area (Å²) < 4.78 is 0. The molecule has 2 aliphatic rings. The van der Waals surface area contributed by atoms with Crippen LogP contribution in [0, 0.1) is 17.8 Å². The lowest BCUT2D eigenvalue weighted by atomic mass is 9.77. The van der Waals surface area contributed by atoms with Crippen molar-refractivity contribution in [3.63, 3.8) is 0 Å². The standard InChI is InChI=1S/C20H26O2S/c1-2-15-5-3-4-6-17(15)18(20(21)22)9-7-14-8-10-19-16(13-14)11-12-23-19/h3-4,6,11-12,14-15,18H,2,5,7-10,13H2,1H3,(H,21,22). The van der Waals surface area contributed by atoms with E-state index in [1.54, 1.807) is 4.88 Å². The van der Waals surface area contributed by atoms with Crippen LogP contribution < -0.4 is 0 Å². The molecule has 0 aromatic carbocycles. The molecule has 3 atom stereocenters. The summed E-state index contributed by atoms with van der Waals surface area (Å²) in [5, 5.41) is 11.9. The highest BCUT2D eigenvalue weighted by Gasteiger charge is 2.29. The Morgan fingerprint density at radius 2 is 2.35 bits per heavy atom. The predicted molar refractivity (Wildman–Crippen MR) is 95.8 cm³/mol. The fourth-order valence-electron chi connectivity index (χ4n) is 4.10. The van der Waals surface area contributed by atoms with Gasteiger partial charge in [0, 0.05) is 4.88 Å². The van der Waals surface area contributed by atoms with E-state index in [2.05, 4.69) is 30.5 Å². The third-order valence-corrected chi connectivity index (χ3v) is 6.52. The van der Waals surface area contributed by atoms with Crippen molar-refractivity contribution in [3.05, 3.63) is 45.7 Å². The van der Waals surface area contributed by atoms with Gasteiger partial charge in [0.05, 0.1) is 5.92 Å². The van der Waals surface area contributed by atoms with Crippen molar-refractivity contribution in [1.82, 2.24) is 0 Å². The molecule has 1 aromatic heterocycles. The minimum atomic E-state index is -0.642. The Bertz CT molecular complexity index is 611. The van der Waals surface area contributed by atoms with E-state index in [1.807, 2.05) is 17.4 Å². The van der Waals surface area contributed by atoms with Crippen LogP contribution in [0.15, 0.2) is 35.2 Å². The summed E-state index contributed by atoms with van der Waals surface area (Å²) in [6.07, 6.45) is 13.6. The number of carboxylic acid groups (broad SMARTS) is 1. The average Bonchev–Trinajstić information content (AvgIpc) is 3.03. The molecule has 1 heterocycles. The second kappa shape index (κ2) is 7.48. The average molecular weight is 330 g/mol. The summed E-state index contributed by atoms with van der Waals surface area (Å²) in [5.74, 6) is 0.125. The number of aryl methyl sites for hydroxylation is 1. The molecule has 0 spiro atoms. The molecule has 1 aromatic rings. The molecule has 2 aliphatic carbocycles. The van der Waals surface area contributed by atoms with Gasteiger partial charge in [-0.2, -0.15) is 0 Å². The molecule has 1 N–H and O–H groups in total. The minimum absolute atomic E-state index is 0.297. The van der Waals surface area contributed by atoms with Gasteiger partial charge in [0.15, 0.2) is 0 Å². The summed E-state index contributed by atoms with van der Waals surface area (Å²) in [4.78, 5) is 13.4. The van der Waals surface area contributed by atoms with E-state index >= 15 is 0 Å². The quantitative estimate of drug-likeness (QED) is 0.774. The van der Waals surface area contributed by atoms with E-state index in [0.717, 1.165) is 37.7 Å². The Labute approximate surface area is 142 Å². The number of hydrogen-bond acceptors (Lipinski definition) is 2. The molecule has 23 heavy (non-hydrogen) atoms. The van der Waals surface area contributed by atoms with Crippen molar-refractivity contribution in [3.8, 4) is 0 Å². The van der Waals surface area contributed by atoms with E-state index < -0.39 is 5.97 Å². The number of rotatable bonds is 6. The lowest BCUT2D eigenvalue weighted by Crippen LogP contribution is -2.24. The maximum atomic E-state index is 11.8. The number of aliphatic carboxylic acids is 1. The summed E-state index contributed by atoms with van der Waals surface area (Å²) in [6.45, 7) is 2.16. The zero-order chi connectivity index (χ0) is 16.2. The van der Waals surface area contributed by atoms with Crippen LogP contribution in [-0.4, -0.2) is 11.1 Å². The van der Waals surface area contributed by atoms with Gasteiger partial charge >= 0.3 is 5.97 Å². The van der Waals surface area contributed by atoms with Crippen molar-refractivity contribution in [2.24, 2.45) is 17.8 Å². The number of fused-ring (bicyclic) bond motifs is 1. The highest BCUT2D eigenvalue weighted by atomic mass is 32.1. The Morgan fingerprint density at radius 3 is 3.13 bits per heavy atom. The Hall–Kier alpha value is -1.35. The summed E-state index contributed by atoms with van der Waals surface area (Å²) in [7, 11) is 0. The van der Waals surface area contributed by atoms with E-state index in [0.29, 0.717) is 11.8 Å². The van der Waals surface area contributed by atoms with Crippen molar-refractivity contribution in [2.75, 3.05) is 0 Å². The lowest BCUT2D eigenvalue weighted by Gasteiger charge is -2.28. The van der Waals surface area contributed by atoms with E-state index in [9.17, 15) is 9.90 Å². The molecular formula is C20H26O2S. The van der Waals surface area contributed by atoms with Gasteiger partial charge in [-0.15, -0.1) is 11.3 Å². The van der Waals surface area contributed by atoms with Gasteiger partial charge in [0.1, 0.15) is 0 Å². The van der Waals surface area contributed by atoms with Crippen LogP contribution >= 0.6 is 11.3 Å². The first-order valence-corrected chi connectivity index (χ1v) is 9.71. The summed E-state index contributed by atoms with van der Waals surface area (Å²) in [5.41, 5.74) is 2.65. The normalized spacial score (nSPS) is 24.8.